The van der Waals surface area contributed by atoms with E-state index in [1.54, 1.807) is 6.07 Å². The molecule has 2 aromatic rings. The average molecular weight is 306 g/mol. The molecule has 1 N–H and O–H groups in total. The maximum absolute atomic E-state index is 10.9. The molecule has 5 heteroatoms. The first kappa shape index (κ1) is 15.4. The number of ether oxygens (including phenoxy) is 2. The zero-order valence-corrected chi connectivity index (χ0v) is 12.9. The van der Waals surface area contributed by atoms with Crippen molar-refractivity contribution in [2.75, 3.05) is 6.61 Å². The van der Waals surface area contributed by atoms with Gasteiger partial charge in [0.25, 0.3) is 0 Å². The predicted octanol–water partition coefficient (Wildman–Crippen LogP) is 4.12. The van der Waals surface area contributed by atoms with Gasteiger partial charge in [-0.25, -0.2) is 4.79 Å². The number of aromatic carboxylic acids is 1. The second-order valence-corrected chi connectivity index (χ2v) is 5.86. The Morgan fingerprint density at radius 2 is 1.81 bits per heavy atom. The van der Waals surface area contributed by atoms with Crippen LogP contribution in [0.4, 0.5) is 0 Å². The number of benzene rings is 1. The molecule has 112 valence electrons. The Morgan fingerprint density at radius 3 is 2.33 bits per heavy atom. The van der Waals surface area contributed by atoms with Crippen molar-refractivity contribution in [3.8, 4) is 11.5 Å². The Balaban J connectivity index is 1.95. The van der Waals surface area contributed by atoms with Crippen LogP contribution in [0.25, 0.3) is 0 Å². The van der Waals surface area contributed by atoms with Crippen molar-refractivity contribution >= 4 is 17.3 Å². The molecule has 1 heterocycles. The Morgan fingerprint density at radius 1 is 1.19 bits per heavy atom. The highest BCUT2D eigenvalue weighted by Crippen LogP contribution is 2.24. The third kappa shape index (κ3) is 4.23. The summed E-state index contributed by atoms with van der Waals surface area (Å²) in [5, 5.41) is 8.96. The first-order chi connectivity index (χ1) is 10.1. The topological polar surface area (TPSA) is 55.8 Å². The van der Waals surface area contributed by atoms with E-state index in [0.717, 1.165) is 28.4 Å². The van der Waals surface area contributed by atoms with Gasteiger partial charge in [-0.2, -0.15) is 0 Å². The molecule has 0 atom stereocenters. The number of carbonyl (C=O) groups is 1. The van der Waals surface area contributed by atoms with E-state index in [2.05, 4.69) is 6.92 Å². The maximum Gasteiger partial charge on any atom is 0.345 e. The lowest BCUT2D eigenvalue weighted by Crippen LogP contribution is -1.97. The van der Waals surface area contributed by atoms with E-state index < -0.39 is 5.97 Å². The molecule has 1 aromatic heterocycles. The molecule has 0 amide bonds. The van der Waals surface area contributed by atoms with Crippen molar-refractivity contribution in [2.45, 2.75) is 26.9 Å². The Kier molecular flexibility index (Phi) is 5.22. The molecule has 0 aliphatic rings. The molecule has 0 spiro atoms. The molecule has 1 aromatic carbocycles. The largest absolute Gasteiger partial charge is 0.494 e. The highest BCUT2D eigenvalue weighted by atomic mass is 32.1. The van der Waals surface area contributed by atoms with Crippen LogP contribution >= 0.6 is 11.3 Å². The Bertz CT molecular complexity index is 601. The number of hydrogen-bond acceptors (Lipinski definition) is 4. The third-order valence-corrected chi connectivity index (χ3v) is 4.00. The van der Waals surface area contributed by atoms with Crippen molar-refractivity contribution in [3.05, 3.63) is 45.6 Å². The summed E-state index contributed by atoms with van der Waals surface area (Å²) in [6, 6.07) is 9.11. The fraction of sp³-hybridized carbons (Fsp3) is 0.312. The first-order valence-corrected chi connectivity index (χ1v) is 7.60. The van der Waals surface area contributed by atoms with Gasteiger partial charge >= 0.3 is 5.97 Å². The molecule has 0 aliphatic carbocycles. The van der Waals surface area contributed by atoms with Gasteiger partial charge in [-0.1, -0.05) is 6.92 Å². The number of hydrogen-bond donors (Lipinski definition) is 1. The molecule has 0 radical (unpaired) electrons. The van der Waals surface area contributed by atoms with Gasteiger partial charge in [0, 0.05) is 10.4 Å². The summed E-state index contributed by atoms with van der Waals surface area (Å²) in [6.45, 7) is 5.03. The second kappa shape index (κ2) is 7.13. The fourth-order valence-electron chi connectivity index (χ4n) is 1.78. The van der Waals surface area contributed by atoms with Gasteiger partial charge in [0.05, 0.1) is 6.61 Å². The van der Waals surface area contributed by atoms with Gasteiger partial charge in [0.15, 0.2) is 0 Å². The summed E-state index contributed by atoms with van der Waals surface area (Å²) < 4.78 is 11.2. The molecule has 0 saturated carbocycles. The normalized spacial score (nSPS) is 10.4. The lowest BCUT2D eigenvalue weighted by molar-refractivity contribution is 0.0702. The van der Waals surface area contributed by atoms with Gasteiger partial charge in [-0.05, 0) is 43.7 Å². The minimum Gasteiger partial charge on any atom is -0.494 e. The van der Waals surface area contributed by atoms with Crippen LogP contribution < -0.4 is 9.47 Å². The van der Waals surface area contributed by atoms with Crippen LogP contribution in [0.2, 0.25) is 0 Å². The van der Waals surface area contributed by atoms with E-state index in [1.807, 2.05) is 31.2 Å². The van der Waals surface area contributed by atoms with E-state index in [-0.39, 0.29) is 0 Å². The first-order valence-electron chi connectivity index (χ1n) is 6.78. The summed E-state index contributed by atoms with van der Waals surface area (Å²) >= 11 is 1.27. The van der Waals surface area contributed by atoms with Crippen LogP contribution in [0.3, 0.4) is 0 Å². The average Bonchev–Trinajstić information content (AvgIpc) is 2.85. The lowest BCUT2D eigenvalue weighted by Gasteiger charge is -2.08. The van der Waals surface area contributed by atoms with Gasteiger partial charge < -0.3 is 14.6 Å². The standard InChI is InChI=1S/C16H18O4S/c1-3-8-19-13-4-6-14(7-5-13)20-10-12-9-15(16(17)18)21-11(12)2/h4-7,9H,3,8,10H2,1-2H3,(H,17,18). The number of carboxylic acids is 1. The molecule has 4 nitrogen and oxygen atoms in total. The molecule has 0 aliphatic heterocycles. The van der Waals surface area contributed by atoms with E-state index >= 15 is 0 Å². The van der Waals surface area contributed by atoms with Gasteiger partial charge in [-0.3, -0.25) is 0 Å². The van der Waals surface area contributed by atoms with E-state index in [1.165, 1.54) is 11.3 Å². The van der Waals surface area contributed by atoms with E-state index in [9.17, 15) is 4.79 Å². The minimum atomic E-state index is -0.897. The summed E-state index contributed by atoms with van der Waals surface area (Å²) in [5.74, 6) is 0.664. The predicted molar refractivity (Wildman–Crippen MR) is 82.6 cm³/mol. The summed E-state index contributed by atoms with van der Waals surface area (Å²) in [6.07, 6.45) is 0.974. The lowest BCUT2D eigenvalue weighted by atomic mass is 10.2. The van der Waals surface area contributed by atoms with Gasteiger partial charge in [0.1, 0.15) is 23.0 Å². The van der Waals surface area contributed by atoms with Crippen LogP contribution in [0.1, 0.15) is 33.5 Å². The van der Waals surface area contributed by atoms with E-state index in [0.29, 0.717) is 18.1 Å². The highest BCUT2D eigenvalue weighted by Gasteiger charge is 2.11. The summed E-state index contributed by atoms with van der Waals surface area (Å²) in [5.41, 5.74) is 0.906. The van der Waals surface area contributed by atoms with Crippen LogP contribution in [-0.4, -0.2) is 17.7 Å². The maximum atomic E-state index is 10.9. The van der Waals surface area contributed by atoms with E-state index in [4.69, 9.17) is 14.6 Å². The molecule has 2 rings (SSSR count). The third-order valence-electron chi connectivity index (χ3n) is 2.92. The van der Waals surface area contributed by atoms with Crippen molar-refractivity contribution < 1.29 is 19.4 Å². The van der Waals surface area contributed by atoms with Crippen molar-refractivity contribution in [1.82, 2.24) is 0 Å². The number of carboxylic acid groups (broad SMARTS) is 1. The number of thiophene rings is 1. The van der Waals surface area contributed by atoms with Crippen LogP contribution in [0.5, 0.6) is 11.5 Å². The van der Waals surface area contributed by atoms with Crippen molar-refractivity contribution in [2.24, 2.45) is 0 Å². The number of aryl methyl sites for hydroxylation is 1. The van der Waals surface area contributed by atoms with Gasteiger partial charge in [-0.15, -0.1) is 11.3 Å². The molecule has 0 fully saturated rings. The molecule has 0 saturated heterocycles. The SMILES string of the molecule is CCCOc1ccc(OCc2cc(C(=O)O)sc2C)cc1. The minimum absolute atomic E-state index is 0.342. The van der Waals surface area contributed by atoms with Gasteiger partial charge in [0.2, 0.25) is 0 Å². The molecular weight excluding hydrogens is 288 g/mol. The molecule has 21 heavy (non-hydrogen) atoms. The van der Waals surface area contributed by atoms with Crippen LogP contribution in [0.15, 0.2) is 30.3 Å². The Labute approximate surface area is 128 Å². The highest BCUT2D eigenvalue weighted by molar-refractivity contribution is 7.14. The zero-order chi connectivity index (χ0) is 15.2. The molecule has 0 bridgehead atoms. The second-order valence-electron chi connectivity index (χ2n) is 4.61. The van der Waals surface area contributed by atoms with Crippen molar-refractivity contribution in [3.63, 3.8) is 0 Å². The number of rotatable bonds is 7. The monoisotopic (exact) mass is 306 g/mol. The summed E-state index contributed by atoms with van der Waals surface area (Å²) in [4.78, 5) is 12.2. The molecular formula is C16H18O4S. The zero-order valence-electron chi connectivity index (χ0n) is 12.1. The fourth-order valence-corrected chi connectivity index (χ4v) is 2.65. The van der Waals surface area contributed by atoms with Crippen LogP contribution in [0, 0.1) is 6.92 Å². The smallest absolute Gasteiger partial charge is 0.345 e. The van der Waals surface area contributed by atoms with Crippen molar-refractivity contribution in [1.29, 1.82) is 0 Å². The summed E-state index contributed by atoms with van der Waals surface area (Å²) in [7, 11) is 0. The quantitative estimate of drug-likeness (QED) is 0.836. The molecule has 0 unspecified atom stereocenters. The Hall–Kier alpha value is -2.01. The van der Waals surface area contributed by atoms with Crippen LogP contribution in [-0.2, 0) is 6.61 Å².